The summed E-state index contributed by atoms with van der Waals surface area (Å²) in [5, 5.41) is 21.5. The van der Waals surface area contributed by atoms with Crippen molar-refractivity contribution in [1.29, 1.82) is 11.1 Å². The number of nitrogens with zero attached hydrogens (tertiary/aromatic N) is 3. The van der Waals surface area contributed by atoms with Gasteiger partial charge in [0, 0.05) is 37.8 Å². The molecule has 1 heterocycles. The van der Waals surface area contributed by atoms with Gasteiger partial charge in [-0.25, -0.2) is 11.1 Å². The number of imide groups is 1. The predicted molar refractivity (Wildman–Crippen MR) is 183 cm³/mol. The number of hydrogen-bond acceptors (Lipinski definition) is 11. The van der Waals surface area contributed by atoms with Crippen molar-refractivity contribution in [1.82, 2.24) is 4.90 Å². The second-order valence-corrected chi connectivity index (χ2v) is 12.0. The third-order valence-corrected chi connectivity index (χ3v) is 8.77. The first kappa shape index (κ1) is 38.5. The van der Waals surface area contributed by atoms with Crippen LogP contribution in [0.25, 0.3) is 0 Å². The molecule has 0 spiro atoms. The molecule has 0 atom stereocenters. The molecule has 2 aliphatic carbocycles. The summed E-state index contributed by atoms with van der Waals surface area (Å²) in [6.45, 7) is 0.742. The minimum atomic E-state index is -0.420. The van der Waals surface area contributed by atoms with E-state index in [0.717, 1.165) is 49.7 Å². The molecular formula is C35H46N6O8. The van der Waals surface area contributed by atoms with Gasteiger partial charge in [0.25, 0.3) is 23.2 Å². The number of nitro groups is 2. The number of carbonyl (C=O) groups excluding carboxylic acids is 2. The Hall–Kier alpha value is -4.92. The lowest BCUT2D eigenvalue weighted by Gasteiger charge is -2.33. The average molecular weight is 679 g/mol. The van der Waals surface area contributed by atoms with E-state index in [0.29, 0.717) is 43.2 Å². The van der Waals surface area contributed by atoms with E-state index in [4.69, 9.17) is 26.3 Å². The monoisotopic (exact) mass is 678 g/mol. The third kappa shape index (κ3) is 10.3. The maximum atomic E-state index is 12.6. The summed E-state index contributed by atoms with van der Waals surface area (Å²) in [5.41, 5.74) is 18.6. The standard InChI is InChI=1S/C21H20N2O5.C13H18N2O3.CH4.H2N2.H2/c24-20-18-6-1-2-7-19(18)21(25)22(20)15-8-10-17(11-9-15)28-13-14-4-3-5-16(12-14)23(26)27;14-11-4-6-13(7-5-11)18-9-10-2-1-3-12(8-10)15(16)17;;1-2;/h1-7,12,15,17H,8-11,13H2;1-3,8,11,13H,4-7,9,14H2;1H4;1-2H;1H. The van der Waals surface area contributed by atoms with Gasteiger partial charge in [-0.2, -0.15) is 0 Å². The summed E-state index contributed by atoms with van der Waals surface area (Å²) in [6, 6.07) is 20.2. The minimum absolute atomic E-state index is 0. The van der Waals surface area contributed by atoms with E-state index < -0.39 is 4.92 Å². The quantitative estimate of drug-likeness (QED) is 0.0878. The van der Waals surface area contributed by atoms with Crippen LogP contribution in [0.15, 0.2) is 72.8 Å². The zero-order chi connectivity index (χ0) is 34.6. The zero-order valence-corrected chi connectivity index (χ0v) is 26.5. The summed E-state index contributed by atoms with van der Waals surface area (Å²) in [6.07, 6.45) is 7.11. The second-order valence-electron chi connectivity index (χ2n) is 12.0. The Morgan fingerprint density at radius 3 is 1.51 bits per heavy atom. The number of nitro benzene ring substituents is 2. The number of fused-ring (bicyclic) bond motifs is 1. The van der Waals surface area contributed by atoms with Gasteiger partial charge in [0.05, 0.1) is 46.4 Å². The first-order valence-corrected chi connectivity index (χ1v) is 15.9. The second kappa shape index (κ2) is 18.6. The van der Waals surface area contributed by atoms with E-state index in [2.05, 4.69) is 0 Å². The number of nitrogens with two attached hydrogens (primary N) is 1. The lowest BCUT2D eigenvalue weighted by atomic mass is 9.92. The zero-order valence-electron chi connectivity index (χ0n) is 26.5. The Morgan fingerprint density at radius 2 is 1.10 bits per heavy atom. The summed E-state index contributed by atoms with van der Waals surface area (Å²) >= 11 is 0. The van der Waals surface area contributed by atoms with Gasteiger partial charge in [0.1, 0.15) is 0 Å². The van der Waals surface area contributed by atoms with Crippen LogP contribution in [0, 0.1) is 31.3 Å². The van der Waals surface area contributed by atoms with Crippen LogP contribution in [-0.4, -0.2) is 50.9 Å². The summed E-state index contributed by atoms with van der Waals surface area (Å²) < 4.78 is 11.7. The highest BCUT2D eigenvalue weighted by molar-refractivity contribution is 6.21. The number of ether oxygens (including phenoxy) is 2. The molecule has 6 rings (SSSR count). The third-order valence-electron chi connectivity index (χ3n) is 8.77. The number of rotatable bonds is 9. The van der Waals surface area contributed by atoms with E-state index in [1.54, 1.807) is 48.5 Å². The fourth-order valence-electron chi connectivity index (χ4n) is 6.21. The molecule has 3 aliphatic rings. The van der Waals surface area contributed by atoms with Crippen molar-refractivity contribution in [2.45, 2.75) is 96.3 Å². The SMILES string of the molecule is C.N=N.NC1CCC(OCc2cccc([N+](=O)[O-])c2)CC1.O=C1c2ccccc2C(=O)N1C1CCC(OCc2cccc([N+](=O)[O-])c2)CC1.[HH]. The van der Waals surface area contributed by atoms with Gasteiger partial charge in [0.15, 0.2) is 0 Å². The van der Waals surface area contributed by atoms with E-state index >= 15 is 0 Å². The van der Waals surface area contributed by atoms with Gasteiger partial charge in [-0.3, -0.25) is 34.7 Å². The molecule has 264 valence electrons. The molecule has 0 aromatic heterocycles. The molecule has 0 saturated heterocycles. The van der Waals surface area contributed by atoms with Crippen LogP contribution in [-0.2, 0) is 22.7 Å². The van der Waals surface area contributed by atoms with Gasteiger partial charge in [-0.15, -0.1) is 0 Å². The van der Waals surface area contributed by atoms with Gasteiger partial charge >= 0.3 is 0 Å². The van der Waals surface area contributed by atoms with Crippen LogP contribution in [0.5, 0.6) is 0 Å². The van der Waals surface area contributed by atoms with Crippen LogP contribution in [0.3, 0.4) is 0 Å². The molecule has 4 N–H and O–H groups in total. The fraction of sp³-hybridized carbons (Fsp3) is 0.429. The van der Waals surface area contributed by atoms with Crippen LogP contribution < -0.4 is 5.73 Å². The van der Waals surface area contributed by atoms with E-state index in [1.807, 2.05) is 6.07 Å². The topological polar surface area (TPSA) is 216 Å². The Labute approximate surface area is 286 Å². The van der Waals surface area contributed by atoms with Crippen molar-refractivity contribution in [3.8, 4) is 0 Å². The van der Waals surface area contributed by atoms with Crippen LogP contribution in [0.2, 0.25) is 0 Å². The van der Waals surface area contributed by atoms with Gasteiger partial charge < -0.3 is 15.2 Å². The smallest absolute Gasteiger partial charge is 0.269 e. The number of amides is 2. The van der Waals surface area contributed by atoms with Gasteiger partial charge in [-0.05, 0) is 74.6 Å². The van der Waals surface area contributed by atoms with Gasteiger partial charge in [-0.1, -0.05) is 43.8 Å². The van der Waals surface area contributed by atoms with Crippen molar-refractivity contribution in [2.24, 2.45) is 5.73 Å². The van der Waals surface area contributed by atoms with E-state index in [1.165, 1.54) is 23.1 Å². The molecule has 2 amide bonds. The largest absolute Gasteiger partial charge is 0.374 e. The van der Waals surface area contributed by atoms with Crippen LogP contribution >= 0.6 is 0 Å². The number of nitrogens with one attached hydrogen (secondary N) is 2. The highest BCUT2D eigenvalue weighted by atomic mass is 16.6. The molecule has 14 nitrogen and oxygen atoms in total. The molecule has 2 saturated carbocycles. The highest BCUT2D eigenvalue weighted by Gasteiger charge is 2.41. The number of non-ortho nitro benzene ring substituents is 2. The van der Waals surface area contributed by atoms with Crippen molar-refractivity contribution in [2.75, 3.05) is 0 Å². The number of benzene rings is 3. The van der Waals surface area contributed by atoms with Crippen molar-refractivity contribution >= 4 is 23.2 Å². The lowest BCUT2D eigenvalue weighted by Crippen LogP contribution is -2.43. The Kier molecular flexibility index (Phi) is 14.6. The Bertz CT molecular complexity index is 1560. The first-order chi connectivity index (χ1) is 23.2. The molecule has 3 aromatic rings. The minimum Gasteiger partial charge on any atom is -0.374 e. The molecule has 3 aromatic carbocycles. The summed E-state index contributed by atoms with van der Waals surface area (Å²) in [5.74, 6) is -0.414. The molecule has 2 fully saturated rings. The highest BCUT2D eigenvalue weighted by Crippen LogP contribution is 2.32. The van der Waals surface area contributed by atoms with Crippen molar-refractivity contribution < 1.29 is 30.3 Å². The fourth-order valence-corrected chi connectivity index (χ4v) is 6.21. The maximum Gasteiger partial charge on any atom is 0.269 e. The maximum absolute atomic E-state index is 12.6. The van der Waals surface area contributed by atoms with E-state index in [9.17, 15) is 29.8 Å². The molecule has 0 unspecified atom stereocenters. The van der Waals surface area contributed by atoms with E-state index in [-0.39, 0.29) is 55.2 Å². The summed E-state index contributed by atoms with van der Waals surface area (Å²) in [7, 11) is 0. The molecule has 0 bridgehead atoms. The lowest BCUT2D eigenvalue weighted by molar-refractivity contribution is -0.385. The molecule has 49 heavy (non-hydrogen) atoms. The predicted octanol–water partition coefficient (Wildman–Crippen LogP) is 7.58. The average Bonchev–Trinajstić information content (AvgIpc) is 3.37. The van der Waals surface area contributed by atoms with Crippen LogP contribution in [0.1, 0.15) is 92.1 Å². The normalized spacial score (nSPS) is 21.2. The Balaban J connectivity index is 0.000000344. The molecular weight excluding hydrogens is 632 g/mol. The van der Waals surface area contributed by atoms with Gasteiger partial charge in [0.2, 0.25) is 0 Å². The van der Waals surface area contributed by atoms with Crippen LogP contribution in [0.4, 0.5) is 11.4 Å². The van der Waals surface area contributed by atoms with Crippen molar-refractivity contribution in [3.63, 3.8) is 0 Å². The Morgan fingerprint density at radius 1 is 0.694 bits per heavy atom. The molecule has 14 heteroatoms. The molecule has 0 radical (unpaired) electrons. The number of carbonyl (C=O) groups is 2. The number of hydrogen-bond donors (Lipinski definition) is 3. The molecule has 1 aliphatic heterocycles. The summed E-state index contributed by atoms with van der Waals surface area (Å²) in [4.78, 5) is 47.3. The first-order valence-electron chi connectivity index (χ1n) is 15.9. The van der Waals surface area contributed by atoms with Crippen molar-refractivity contribution in [3.05, 3.63) is 115 Å².